The van der Waals surface area contributed by atoms with Crippen LogP contribution in [0.1, 0.15) is 88.2 Å². The molecule has 2 N–H and O–H groups in total. The summed E-state index contributed by atoms with van der Waals surface area (Å²) in [5.74, 6) is 0.813. The second-order valence-corrected chi connectivity index (χ2v) is 16.9. The number of benzene rings is 4. The average Bonchev–Trinajstić information content (AvgIpc) is 4.13. The molecule has 3 aliphatic carbocycles. The number of rotatable bonds is 20. The number of oxime groups is 1. The van der Waals surface area contributed by atoms with Crippen LogP contribution in [0.4, 0.5) is 0 Å². The maximum Gasteiger partial charge on any atom is 0.239 e. The van der Waals surface area contributed by atoms with E-state index < -0.39 is 11.8 Å². The predicted molar refractivity (Wildman–Crippen MR) is 235 cm³/mol. The van der Waals surface area contributed by atoms with Crippen molar-refractivity contribution in [3.05, 3.63) is 126 Å². The third-order valence-electron chi connectivity index (χ3n) is 12.9. The fraction of sp³-hybridized carbons (Fsp3) is 0.451. The number of carbonyl (C=O) groups is 1. The molecule has 0 bridgehead atoms. The highest BCUT2D eigenvalue weighted by Crippen LogP contribution is 2.62. The van der Waals surface area contributed by atoms with Crippen LogP contribution in [0, 0.1) is 23.7 Å². The van der Waals surface area contributed by atoms with Gasteiger partial charge in [0.1, 0.15) is 29.9 Å². The van der Waals surface area contributed by atoms with Crippen LogP contribution < -0.4 is 9.47 Å². The molecule has 8 rings (SSSR count). The second-order valence-electron chi connectivity index (χ2n) is 16.9. The van der Waals surface area contributed by atoms with Gasteiger partial charge in [0.05, 0.1) is 18.2 Å². The number of nitrogens with zero attached hydrogens (tertiary/aromatic N) is 2. The van der Waals surface area contributed by atoms with Gasteiger partial charge in [0.2, 0.25) is 11.7 Å². The van der Waals surface area contributed by atoms with Crippen LogP contribution in [-0.2, 0) is 21.0 Å². The van der Waals surface area contributed by atoms with E-state index in [0.29, 0.717) is 38.2 Å². The highest BCUT2D eigenvalue weighted by Gasteiger charge is 2.65. The maximum atomic E-state index is 14.5. The van der Waals surface area contributed by atoms with Crippen molar-refractivity contribution in [1.29, 1.82) is 0 Å². The van der Waals surface area contributed by atoms with Crippen LogP contribution in [0.3, 0.4) is 0 Å². The summed E-state index contributed by atoms with van der Waals surface area (Å²) in [7, 11) is 0. The Bertz CT molecular complexity index is 2170. The van der Waals surface area contributed by atoms with E-state index in [2.05, 4.69) is 49.9 Å². The van der Waals surface area contributed by atoms with E-state index in [-0.39, 0.29) is 55.3 Å². The fourth-order valence-corrected chi connectivity index (χ4v) is 10.1. The molecule has 1 heterocycles. The van der Waals surface area contributed by atoms with Crippen LogP contribution in [0.25, 0.3) is 10.8 Å². The van der Waals surface area contributed by atoms with Gasteiger partial charge in [0, 0.05) is 43.6 Å². The van der Waals surface area contributed by atoms with Crippen LogP contribution >= 0.6 is 0 Å². The molecule has 9 heteroatoms. The monoisotopic (exact) mass is 812 g/mol. The molecular formula is C51H60N2O7. The summed E-state index contributed by atoms with van der Waals surface area (Å²) in [5.41, 5.74) is 3.89. The molecule has 6 atom stereocenters. The summed E-state index contributed by atoms with van der Waals surface area (Å²) >= 11 is 0. The molecule has 0 radical (unpaired) electrons. The van der Waals surface area contributed by atoms with Gasteiger partial charge < -0.3 is 34.2 Å². The van der Waals surface area contributed by atoms with Gasteiger partial charge in [-0.3, -0.25) is 4.79 Å². The lowest BCUT2D eigenvalue weighted by molar-refractivity contribution is -0.257. The van der Waals surface area contributed by atoms with E-state index in [1.165, 1.54) is 0 Å². The van der Waals surface area contributed by atoms with Gasteiger partial charge in [-0.05, 0) is 109 Å². The Morgan fingerprint density at radius 1 is 0.917 bits per heavy atom. The van der Waals surface area contributed by atoms with E-state index in [1.54, 1.807) is 6.08 Å². The summed E-state index contributed by atoms with van der Waals surface area (Å²) in [6.45, 7) is 7.55. The summed E-state index contributed by atoms with van der Waals surface area (Å²) < 4.78 is 21.2. The first kappa shape index (κ1) is 41.8. The molecule has 0 spiro atoms. The number of amides is 1. The topological polar surface area (TPSA) is 110 Å². The van der Waals surface area contributed by atoms with Gasteiger partial charge in [0.25, 0.3) is 0 Å². The second kappa shape index (κ2) is 19.2. The van der Waals surface area contributed by atoms with Crippen molar-refractivity contribution in [3.8, 4) is 17.2 Å². The molecule has 2 fully saturated rings. The van der Waals surface area contributed by atoms with Crippen molar-refractivity contribution in [2.24, 2.45) is 28.8 Å². The molecule has 2 saturated carbocycles. The molecule has 1 amide bonds. The first-order valence-corrected chi connectivity index (χ1v) is 22.2. The smallest absolute Gasteiger partial charge is 0.239 e. The molecular weight excluding hydrogens is 753 g/mol. The number of aliphatic hydroxyl groups is 2. The van der Waals surface area contributed by atoms with E-state index in [0.717, 1.165) is 89.6 Å². The lowest BCUT2D eigenvalue weighted by Crippen LogP contribution is -2.70. The van der Waals surface area contributed by atoms with Gasteiger partial charge in [-0.25, -0.2) is 0 Å². The molecule has 4 aromatic carbocycles. The van der Waals surface area contributed by atoms with Gasteiger partial charge >= 0.3 is 0 Å². The minimum atomic E-state index is -1.26. The fourth-order valence-electron chi connectivity index (χ4n) is 10.1. The molecule has 1 aliphatic heterocycles. The lowest BCUT2D eigenvalue weighted by Gasteiger charge is -2.60. The summed E-state index contributed by atoms with van der Waals surface area (Å²) in [6, 6.07) is 30.1. The van der Waals surface area contributed by atoms with Gasteiger partial charge in [0.15, 0.2) is 0 Å². The first-order chi connectivity index (χ1) is 29.5. The lowest BCUT2D eigenvalue weighted by atomic mass is 9.55. The quantitative estimate of drug-likeness (QED) is 0.0520. The predicted octanol–water partition coefficient (Wildman–Crippen LogP) is 10.1. The van der Waals surface area contributed by atoms with Crippen molar-refractivity contribution in [3.63, 3.8) is 0 Å². The van der Waals surface area contributed by atoms with E-state index in [1.807, 2.05) is 65.6 Å². The third-order valence-corrected chi connectivity index (χ3v) is 12.9. The normalized spacial score (nSPS) is 24.8. The zero-order chi connectivity index (χ0) is 41.5. The molecule has 316 valence electrons. The molecule has 0 unspecified atom stereocenters. The number of carbonyl (C=O) groups excluding carboxylic acids is 1. The average molecular weight is 813 g/mol. The molecule has 4 aromatic rings. The van der Waals surface area contributed by atoms with Crippen LogP contribution in [0.5, 0.6) is 17.2 Å². The van der Waals surface area contributed by atoms with Crippen molar-refractivity contribution >= 4 is 22.4 Å². The van der Waals surface area contributed by atoms with Crippen LogP contribution in [-0.4, -0.2) is 64.9 Å². The number of fused-ring (bicyclic) bond motifs is 3. The van der Waals surface area contributed by atoms with E-state index in [4.69, 9.17) is 24.2 Å². The van der Waals surface area contributed by atoms with Crippen molar-refractivity contribution < 1.29 is 34.1 Å². The number of unbranched alkanes of at least 4 members (excludes halogenated alkanes) is 2. The summed E-state index contributed by atoms with van der Waals surface area (Å²) in [5, 5.41) is 27.1. The molecule has 0 aromatic heterocycles. The van der Waals surface area contributed by atoms with Crippen LogP contribution in [0.15, 0.2) is 120 Å². The Labute approximate surface area is 354 Å². The Hall–Kier alpha value is -4.96. The zero-order valence-electron chi connectivity index (χ0n) is 34.9. The standard InChI is InChI=1S/C51H60N2O7/c1-3-26-53(50(56)37-20-21-37)47-33-45(52-58-34-35-14-6-5-7-15-35)43-31-39(18-10-12-27-54)42(19-11-13-28-55)48-44-32-41(59-40-23-22-36-16-8-9-17-38(36)30-40)24-25-46(44)60-51(47,49(43)48)57-29-4-2/h4-9,14-17,22-25,30-32,37,39,42,47-49,54-55H,2-3,10-13,18-21,26-29,33-34H2,1H3/t39-,42+,47-,48+,49+,51+/m0/s1. The first-order valence-electron chi connectivity index (χ1n) is 22.2. The SMILES string of the molecule is C=CCO[C@@]12Oc3ccc(Oc4ccc5ccccc5c4)cc3[C@H]3[C@H](CCCCO)[C@@H](CCCCO)C=C(C(=NOCc4ccccc4)C[C@@H]1N(CCC)C(=O)C1CC1)[C@H]32. The van der Waals surface area contributed by atoms with Gasteiger partial charge in [-0.2, -0.15) is 0 Å². The summed E-state index contributed by atoms with van der Waals surface area (Å²) in [6.07, 6.45) is 12.0. The minimum absolute atomic E-state index is 0.00496. The van der Waals surface area contributed by atoms with E-state index in [9.17, 15) is 15.0 Å². The third kappa shape index (κ3) is 8.76. The zero-order valence-corrected chi connectivity index (χ0v) is 34.9. The molecule has 60 heavy (non-hydrogen) atoms. The minimum Gasteiger partial charge on any atom is -0.459 e. The Morgan fingerprint density at radius 3 is 2.40 bits per heavy atom. The Kier molecular flexibility index (Phi) is 13.3. The number of aliphatic hydroxyl groups excluding tert-OH is 2. The highest BCUT2D eigenvalue weighted by molar-refractivity contribution is 6.03. The number of hydrogen-bond acceptors (Lipinski definition) is 8. The number of ether oxygens (including phenoxy) is 3. The van der Waals surface area contributed by atoms with Gasteiger partial charge in [-0.1, -0.05) is 97.7 Å². The maximum absolute atomic E-state index is 14.5. The van der Waals surface area contributed by atoms with Crippen molar-refractivity contribution in [2.75, 3.05) is 26.4 Å². The van der Waals surface area contributed by atoms with Gasteiger partial charge in [-0.15, -0.1) is 6.58 Å². The van der Waals surface area contributed by atoms with Crippen LogP contribution in [0.2, 0.25) is 0 Å². The largest absolute Gasteiger partial charge is 0.459 e. The van der Waals surface area contributed by atoms with Crippen molar-refractivity contribution in [1.82, 2.24) is 4.90 Å². The summed E-state index contributed by atoms with van der Waals surface area (Å²) in [4.78, 5) is 22.8. The Morgan fingerprint density at radius 2 is 1.65 bits per heavy atom. The molecule has 0 saturated heterocycles. The van der Waals surface area contributed by atoms with Crippen molar-refractivity contribution in [2.45, 2.75) is 95.5 Å². The molecule has 4 aliphatic rings. The number of hydrogen-bond donors (Lipinski definition) is 2. The molecule has 9 nitrogen and oxygen atoms in total. The highest BCUT2D eigenvalue weighted by atomic mass is 16.7. The van der Waals surface area contributed by atoms with E-state index >= 15 is 0 Å². The number of allylic oxidation sites excluding steroid dienone is 1. The Balaban J connectivity index is 1.30.